The van der Waals surface area contributed by atoms with Gasteiger partial charge >= 0.3 is 5.69 Å². The summed E-state index contributed by atoms with van der Waals surface area (Å²) in [5.41, 5.74) is 2.55. The first-order chi connectivity index (χ1) is 15.4. The number of nitrogens with zero attached hydrogens (tertiary/aromatic N) is 3. The number of aryl methyl sites for hydroxylation is 1. The van der Waals surface area contributed by atoms with Gasteiger partial charge in [0.2, 0.25) is 11.1 Å². The summed E-state index contributed by atoms with van der Waals surface area (Å²) in [6, 6.07) is 21.0. The molecule has 0 spiro atoms. The molecule has 0 aliphatic heterocycles. The number of phenols is 1. The second-order valence-corrected chi connectivity index (χ2v) is 9.13. The van der Waals surface area contributed by atoms with E-state index >= 15 is 0 Å². The average Bonchev–Trinajstić information content (AvgIpc) is 3.12. The quantitative estimate of drug-likeness (QED) is 0.335. The molecule has 0 bridgehead atoms. The van der Waals surface area contributed by atoms with Crippen molar-refractivity contribution in [3.63, 3.8) is 0 Å². The Kier molecular flexibility index (Phi) is 4.50. The Morgan fingerprint density at radius 1 is 0.906 bits per heavy atom. The molecule has 0 atom stereocenters. The molecule has 0 unspecified atom stereocenters. The summed E-state index contributed by atoms with van der Waals surface area (Å²) in [7, 11) is -3.96. The predicted octanol–water partition coefficient (Wildman–Crippen LogP) is 5.96. The molecule has 5 aromatic rings. The van der Waals surface area contributed by atoms with Gasteiger partial charge in [-0.15, -0.1) is 0 Å². The molecule has 2 N–H and O–H groups in total. The molecule has 0 amide bonds. The lowest BCUT2D eigenvalue weighted by atomic mass is 10.1. The number of para-hydroxylation sites is 1. The van der Waals surface area contributed by atoms with Crippen LogP contribution in [0.15, 0.2) is 77.7 Å². The van der Waals surface area contributed by atoms with E-state index in [0.717, 1.165) is 28.4 Å². The van der Waals surface area contributed by atoms with Crippen LogP contribution in [-0.2, 0) is 16.6 Å². The van der Waals surface area contributed by atoms with E-state index in [9.17, 15) is 13.5 Å². The van der Waals surface area contributed by atoms with Crippen LogP contribution in [0.5, 0.6) is 5.75 Å². The number of sulfonamides is 1. The second-order valence-electron chi connectivity index (χ2n) is 7.48. The number of aromatic nitrogens is 1. The van der Waals surface area contributed by atoms with E-state index in [2.05, 4.69) is 27.3 Å². The number of diazo groups is 1. The van der Waals surface area contributed by atoms with Crippen LogP contribution in [0.4, 0.5) is 11.4 Å². The Balaban J connectivity index is 1.63. The molecule has 4 aromatic carbocycles. The Morgan fingerprint density at radius 2 is 1.66 bits per heavy atom. The van der Waals surface area contributed by atoms with Gasteiger partial charge in [-0.05, 0) is 43.3 Å². The largest absolute Gasteiger partial charge is 0.501 e. The smallest absolute Gasteiger partial charge is 0.426 e. The molecule has 0 saturated heterocycles. The molecule has 0 saturated carbocycles. The number of benzene rings is 4. The minimum absolute atomic E-state index is 0.0193. The molecule has 32 heavy (non-hydrogen) atoms. The molecule has 0 aliphatic carbocycles. The number of nitrogens with one attached hydrogen (secondary N) is 1. The summed E-state index contributed by atoms with van der Waals surface area (Å²) in [5.74, 6) is -0.282. The van der Waals surface area contributed by atoms with E-state index in [4.69, 9.17) is 5.39 Å². The van der Waals surface area contributed by atoms with Crippen molar-refractivity contribution in [2.24, 2.45) is 0 Å². The summed E-state index contributed by atoms with van der Waals surface area (Å²) in [6.07, 6.45) is 0. The number of hydrogen-bond acceptors (Lipinski definition) is 4. The lowest BCUT2D eigenvalue weighted by Gasteiger charge is -2.11. The van der Waals surface area contributed by atoms with Crippen LogP contribution in [0.3, 0.4) is 0 Å². The van der Waals surface area contributed by atoms with Gasteiger partial charge in [-0.1, -0.05) is 30.3 Å². The highest BCUT2D eigenvalue weighted by Crippen LogP contribution is 2.38. The van der Waals surface area contributed by atoms with Crippen molar-refractivity contribution in [1.82, 2.24) is 4.57 Å². The third kappa shape index (κ3) is 2.94. The van der Waals surface area contributed by atoms with Gasteiger partial charge in [0.05, 0.1) is 4.90 Å². The first-order valence-electron chi connectivity index (χ1n) is 10.1. The zero-order chi connectivity index (χ0) is 22.5. The van der Waals surface area contributed by atoms with Crippen LogP contribution in [-0.4, -0.2) is 18.1 Å². The summed E-state index contributed by atoms with van der Waals surface area (Å²) in [5, 5.41) is 21.9. The number of phenolic OH excluding ortho intramolecular Hbond substituents is 1. The van der Waals surface area contributed by atoms with E-state index in [1.54, 1.807) is 12.1 Å². The molecule has 5 rings (SSSR count). The minimum Gasteiger partial charge on any atom is -0.501 e. The average molecular weight is 444 g/mol. The van der Waals surface area contributed by atoms with Crippen LogP contribution < -0.4 is 4.72 Å². The van der Waals surface area contributed by atoms with E-state index in [1.165, 1.54) is 24.3 Å². The first kappa shape index (κ1) is 19.8. The Morgan fingerprint density at radius 3 is 2.44 bits per heavy atom. The first-order valence-corrected chi connectivity index (χ1v) is 11.6. The second kappa shape index (κ2) is 7.25. The van der Waals surface area contributed by atoms with Gasteiger partial charge in [-0.2, -0.15) is 0 Å². The van der Waals surface area contributed by atoms with Crippen LogP contribution >= 0.6 is 0 Å². The predicted molar refractivity (Wildman–Crippen MR) is 126 cm³/mol. The molecule has 8 heteroatoms. The van der Waals surface area contributed by atoms with Crippen molar-refractivity contribution >= 4 is 54.0 Å². The lowest BCUT2D eigenvalue weighted by Crippen LogP contribution is -2.13. The third-order valence-electron chi connectivity index (χ3n) is 5.71. The topological polar surface area (TPSA) is 99.5 Å². The van der Waals surface area contributed by atoms with E-state index in [1.807, 2.05) is 30.3 Å². The van der Waals surface area contributed by atoms with Crippen LogP contribution in [0, 0.1) is 5.39 Å². The minimum atomic E-state index is -3.96. The lowest BCUT2D eigenvalue weighted by molar-refractivity contribution is 0.484. The number of fused-ring (bicyclic) bond motifs is 4. The van der Waals surface area contributed by atoms with E-state index in [-0.39, 0.29) is 21.7 Å². The zero-order valence-corrected chi connectivity index (χ0v) is 18.0. The number of aromatic hydroxyl groups is 1. The normalized spacial score (nSPS) is 11.8. The van der Waals surface area contributed by atoms with Gasteiger partial charge in [0.15, 0.2) is 4.98 Å². The number of hydrogen-bond donors (Lipinski definition) is 2. The van der Waals surface area contributed by atoms with Crippen molar-refractivity contribution in [2.75, 3.05) is 4.72 Å². The van der Waals surface area contributed by atoms with Gasteiger partial charge in [0, 0.05) is 50.9 Å². The summed E-state index contributed by atoms with van der Waals surface area (Å²) < 4.78 is 31.4. The fraction of sp³-hybridized carbons (Fsp3) is 0.0833. The van der Waals surface area contributed by atoms with Gasteiger partial charge in [0.1, 0.15) is 0 Å². The van der Waals surface area contributed by atoms with Gasteiger partial charge in [-0.25, -0.2) is 8.42 Å². The molecule has 158 valence electrons. The standard InChI is InChI=1S/C24H18N4O3S/c1-2-28-21-8-4-3-6-16(21)19-14-15(10-13-22(19)28)27-32(30,31)23-9-5-7-18-17(23)11-12-20(26-25)24(18)29/h3-14,27H,2H2,1H3/p+1. The summed E-state index contributed by atoms with van der Waals surface area (Å²) in [6.45, 7) is 2.88. The molecule has 1 aromatic heterocycles. The van der Waals surface area contributed by atoms with Crippen molar-refractivity contribution < 1.29 is 13.5 Å². The van der Waals surface area contributed by atoms with E-state index < -0.39 is 10.0 Å². The number of anilines is 1. The molecule has 0 fully saturated rings. The van der Waals surface area contributed by atoms with Crippen LogP contribution in [0.25, 0.3) is 37.6 Å². The monoisotopic (exact) mass is 443 g/mol. The highest BCUT2D eigenvalue weighted by molar-refractivity contribution is 7.93. The third-order valence-corrected chi connectivity index (χ3v) is 7.15. The summed E-state index contributed by atoms with van der Waals surface area (Å²) in [4.78, 5) is 3.04. The van der Waals surface area contributed by atoms with Crippen molar-refractivity contribution in [3.8, 4) is 5.75 Å². The molecule has 1 heterocycles. The number of rotatable bonds is 4. The van der Waals surface area contributed by atoms with Crippen LogP contribution in [0.2, 0.25) is 0 Å². The van der Waals surface area contributed by atoms with Crippen molar-refractivity contribution in [2.45, 2.75) is 18.4 Å². The molecule has 0 radical (unpaired) electrons. The van der Waals surface area contributed by atoms with Crippen LogP contribution in [0.1, 0.15) is 6.92 Å². The Bertz CT molecular complexity index is 1680. The highest BCUT2D eigenvalue weighted by atomic mass is 32.2. The fourth-order valence-electron chi connectivity index (χ4n) is 4.28. The molecule has 0 aliphatic rings. The zero-order valence-electron chi connectivity index (χ0n) is 17.1. The maximum absolute atomic E-state index is 13.3. The Labute approximate surface area is 184 Å². The fourth-order valence-corrected chi connectivity index (χ4v) is 5.56. The molecular formula is C24H19N4O3S+. The molecule has 7 nitrogen and oxygen atoms in total. The Hall–Kier alpha value is -4.09. The van der Waals surface area contributed by atoms with Crippen molar-refractivity contribution in [1.29, 1.82) is 5.39 Å². The van der Waals surface area contributed by atoms with E-state index in [0.29, 0.717) is 11.1 Å². The van der Waals surface area contributed by atoms with Gasteiger partial charge in [-0.3, -0.25) is 4.72 Å². The maximum Gasteiger partial charge on any atom is 0.426 e. The van der Waals surface area contributed by atoms with Gasteiger partial charge < -0.3 is 9.67 Å². The SMILES string of the molecule is CCn1c2ccccc2c2cc(NS(=O)(=O)c3cccc4c(O)c([N+]#N)ccc34)ccc21. The highest BCUT2D eigenvalue weighted by Gasteiger charge is 2.23. The maximum atomic E-state index is 13.3. The van der Waals surface area contributed by atoms with Gasteiger partial charge in [0.25, 0.3) is 10.0 Å². The summed E-state index contributed by atoms with van der Waals surface area (Å²) >= 11 is 0. The van der Waals surface area contributed by atoms with Crippen molar-refractivity contribution in [3.05, 3.63) is 77.8 Å². The molecular weight excluding hydrogens is 424 g/mol.